The van der Waals surface area contributed by atoms with E-state index >= 15 is 0 Å². The van der Waals surface area contributed by atoms with Crippen LogP contribution in [0.5, 0.6) is 5.75 Å². The molecule has 0 amide bonds. The predicted molar refractivity (Wildman–Crippen MR) is 163 cm³/mol. The largest absolute Gasteiger partial charge is 0.488 e. The maximum absolute atomic E-state index is 14.0. The van der Waals surface area contributed by atoms with E-state index in [9.17, 15) is 19.7 Å². The molecule has 9 nitrogen and oxygen atoms in total. The molecule has 0 spiro atoms. The summed E-state index contributed by atoms with van der Waals surface area (Å²) in [5.74, 6) is -0.0340. The number of nitrogens with zero attached hydrogens (tertiary/aromatic N) is 3. The number of carbonyl (C=O) groups excluding carboxylic acids is 1. The van der Waals surface area contributed by atoms with Gasteiger partial charge in [-0.15, -0.1) is 0 Å². The van der Waals surface area contributed by atoms with Gasteiger partial charge in [-0.1, -0.05) is 69.7 Å². The number of hydrogen-bond donors (Lipinski definition) is 0. The Morgan fingerprint density at radius 3 is 2.60 bits per heavy atom. The van der Waals surface area contributed by atoms with Crippen molar-refractivity contribution in [2.75, 3.05) is 6.61 Å². The number of aryl methyl sites for hydroxylation is 1. The lowest BCUT2D eigenvalue weighted by Crippen LogP contribution is -2.40. The van der Waals surface area contributed by atoms with Gasteiger partial charge in [0.2, 0.25) is 0 Å². The number of ether oxygens (including phenoxy) is 2. The average molecular weight is 649 g/mol. The van der Waals surface area contributed by atoms with Crippen molar-refractivity contribution in [1.29, 1.82) is 0 Å². The van der Waals surface area contributed by atoms with Gasteiger partial charge in [0, 0.05) is 21.7 Å². The highest BCUT2D eigenvalue weighted by Gasteiger charge is 2.34. The lowest BCUT2D eigenvalue weighted by molar-refractivity contribution is -0.385. The fraction of sp³-hybridized carbons (Fsp3) is 0.194. The summed E-state index contributed by atoms with van der Waals surface area (Å²) >= 11 is 4.61. The molecule has 0 bridgehead atoms. The molecule has 2 heterocycles. The number of hydrogen-bond acceptors (Lipinski definition) is 8. The number of carbonyl (C=O) groups is 1. The summed E-state index contributed by atoms with van der Waals surface area (Å²) in [6, 6.07) is 19.0. The van der Waals surface area contributed by atoms with Crippen LogP contribution in [-0.4, -0.2) is 22.1 Å². The van der Waals surface area contributed by atoms with Crippen LogP contribution in [-0.2, 0) is 16.1 Å². The van der Waals surface area contributed by atoms with Gasteiger partial charge in [0.05, 0.1) is 33.4 Å². The third kappa shape index (κ3) is 5.83. The Morgan fingerprint density at radius 1 is 1.14 bits per heavy atom. The molecule has 0 saturated carbocycles. The molecule has 1 aliphatic rings. The summed E-state index contributed by atoms with van der Waals surface area (Å²) in [7, 11) is 0. The molecule has 0 fully saturated rings. The molecular formula is C31H26BrN3O6S. The molecule has 1 aromatic heterocycles. The highest BCUT2D eigenvalue weighted by Crippen LogP contribution is 2.33. The lowest BCUT2D eigenvalue weighted by Gasteiger charge is -2.24. The first kappa shape index (κ1) is 29.2. The highest BCUT2D eigenvalue weighted by atomic mass is 79.9. The fourth-order valence-electron chi connectivity index (χ4n) is 4.71. The molecule has 1 atom stereocenters. The summed E-state index contributed by atoms with van der Waals surface area (Å²) in [5, 5.41) is 11.7. The molecule has 1 aliphatic heterocycles. The molecule has 214 valence electrons. The Kier molecular flexibility index (Phi) is 8.51. The molecule has 5 rings (SSSR count). The van der Waals surface area contributed by atoms with E-state index in [1.807, 2.05) is 48.5 Å². The Hall–Kier alpha value is -4.35. The number of rotatable bonds is 8. The van der Waals surface area contributed by atoms with Crippen molar-refractivity contribution in [2.45, 2.75) is 33.4 Å². The zero-order valence-electron chi connectivity index (χ0n) is 23.0. The fourth-order valence-corrected chi connectivity index (χ4v) is 6.02. The van der Waals surface area contributed by atoms with E-state index in [2.05, 4.69) is 20.9 Å². The van der Waals surface area contributed by atoms with E-state index in [1.54, 1.807) is 39.0 Å². The first-order valence-electron chi connectivity index (χ1n) is 13.1. The first-order chi connectivity index (χ1) is 20.2. The Balaban J connectivity index is 1.63. The molecule has 4 aromatic rings. The van der Waals surface area contributed by atoms with Gasteiger partial charge in [0.25, 0.3) is 11.2 Å². The monoisotopic (exact) mass is 647 g/mol. The van der Waals surface area contributed by atoms with Crippen LogP contribution in [0.4, 0.5) is 5.69 Å². The van der Waals surface area contributed by atoms with Gasteiger partial charge in [-0.25, -0.2) is 9.79 Å². The standard InChI is InChI=1S/C31H26BrN3O6S/c1-4-40-30(37)27-19(3)33-31-34(28(27)22-12-9-18(2)24(15-22)35(38)39)29(36)26(42-31)16-21-7-5-6-8-25(21)41-17-20-10-13-23(32)14-11-20/h5-16,28H,4,17H2,1-3H3/b26-16+/t28-/m1/s1. The third-order valence-corrected chi connectivity index (χ3v) is 8.29. The predicted octanol–water partition coefficient (Wildman–Crippen LogP) is 5.36. The highest BCUT2D eigenvalue weighted by molar-refractivity contribution is 9.10. The lowest BCUT2D eigenvalue weighted by atomic mass is 9.94. The topological polar surface area (TPSA) is 113 Å². The van der Waals surface area contributed by atoms with Gasteiger partial charge in [-0.05, 0) is 56.2 Å². The number of halogens is 1. The summed E-state index contributed by atoms with van der Waals surface area (Å²) in [4.78, 5) is 43.3. The molecule has 11 heteroatoms. The molecule has 0 saturated heterocycles. The van der Waals surface area contributed by atoms with E-state index in [-0.39, 0.29) is 23.4 Å². The van der Waals surface area contributed by atoms with Crippen molar-refractivity contribution in [3.63, 3.8) is 0 Å². The second kappa shape index (κ2) is 12.3. The van der Waals surface area contributed by atoms with Crippen molar-refractivity contribution in [3.05, 3.63) is 135 Å². The van der Waals surface area contributed by atoms with Crippen molar-refractivity contribution < 1.29 is 19.2 Å². The number of nitro benzene ring substituents is 1. The third-order valence-electron chi connectivity index (χ3n) is 6.78. The number of benzene rings is 3. The van der Waals surface area contributed by atoms with E-state index in [0.29, 0.717) is 44.1 Å². The molecule has 0 N–H and O–H groups in total. The quantitative estimate of drug-likeness (QED) is 0.145. The summed E-state index contributed by atoms with van der Waals surface area (Å²) < 4.78 is 14.2. The van der Waals surface area contributed by atoms with Crippen LogP contribution in [0.2, 0.25) is 0 Å². The minimum Gasteiger partial charge on any atom is -0.488 e. The number of para-hydroxylation sites is 1. The second-order valence-electron chi connectivity index (χ2n) is 9.56. The van der Waals surface area contributed by atoms with E-state index in [0.717, 1.165) is 10.0 Å². The Morgan fingerprint density at radius 2 is 1.88 bits per heavy atom. The normalized spacial score (nSPS) is 14.8. The second-order valence-corrected chi connectivity index (χ2v) is 11.5. The minimum absolute atomic E-state index is 0.107. The van der Waals surface area contributed by atoms with Crippen LogP contribution in [0.1, 0.15) is 42.1 Å². The number of allylic oxidation sites excluding steroid dienone is 1. The van der Waals surface area contributed by atoms with Gasteiger partial charge in [0.1, 0.15) is 12.4 Å². The Labute approximate surface area is 253 Å². The molecular weight excluding hydrogens is 622 g/mol. The van der Waals surface area contributed by atoms with Crippen LogP contribution < -0.4 is 19.6 Å². The minimum atomic E-state index is -0.953. The number of nitro groups is 1. The van der Waals surface area contributed by atoms with Crippen LogP contribution in [0.25, 0.3) is 6.08 Å². The SMILES string of the molecule is CCOC(=O)C1=C(C)N=c2s/c(=C/c3ccccc3OCc3ccc(Br)cc3)c(=O)n2[C@@H]1c1ccc(C)c([N+](=O)[O-])c1. The summed E-state index contributed by atoms with van der Waals surface area (Å²) in [6.45, 7) is 5.46. The number of esters is 1. The van der Waals surface area contributed by atoms with Crippen molar-refractivity contribution >= 4 is 45.0 Å². The van der Waals surface area contributed by atoms with Gasteiger partial charge in [-0.3, -0.25) is 19.5 Å². The first-order valence-corrected chi connectivity index (χ1v) is 14.7. The van der Waals surface area contributed by atoms with Crippen LogP contribution >= 0.6 is 27.3 Å². The molecule has 0 radical (unpaired) electrons. The average Bonchev–Trinajstić information content (AvgIpc) is 3.26. The van der Waals surface area contributed by atoms with Crippen molar-refractivity contribution in [3.8, 4) is 5.75 Å². The molecule has 42 heavy (non-hydrogen) atoms. The molecule has 3 aromatic carbocycles. The van der Waals surface area contributed by atoms with Gasteiger partial charge < -0.3 is 9.47 Å². The zero-order chi connectivity index (χ0) is 30.0. The zero-order valence-corrected chi connectivity index (χ0v) is 25.4. The summed E-state index contributed by atoms with van der Waals surface area (Å²) in [5.41, 5.74) is 2.61. The maximum Gasteiger partial charge on any atom is 0.338 e. The molecule has 0 aliphatic carbocycles. The van der Waals surface area contributed by atoms with Gasteiger partial charge in [0.15, 0.2) is 4.80 Å². The van der Waals surface area contributed by atoms with Crippen molar-refractivity contribution in [1.82, 2.24) is 4.57 Å². The number of aromatic nitrogens is 1. The van der Waals surface area contributed by atoms with Gasteiger partial charge >= 0.3 is 5.97 Å². The van der Waals surface area contributed by atoms with Crippen LogP contribution in [0.15, 0.2) is 92.3 Å². The molecule has 0 unspecified atom stereocenters. The smallest absolute Gasteiger partial charge is 0.338 e. The maximum atomic E-state index is 14.0. The summed E-state index contributed by atoms with van der Waals surface area (Å²) in [6.07, 6.45) is 1.73. The van der Waals surface area contributed by atoms with Crippen LogP contribution in [0.3, 0.4) is 0 Å². The van der Waals surface area contributed by atoms with Gasteiger partial charge in [-0.2, -0.15) is 0 Å². The Bertz CT molecular complexity index is 1910. The number of fused-ring (bicyclic) bond motifs is 1. The van der Waals surface area contributed by atoms with Crippen LogP contribution in [0, 0.1) is 17.0 Å². The van der Waals surface area contributed by atoms with E-state index in [1.165, 1.54) is 22.0 Å². The van der Waals surface area contributed by atoms with E-state index < -0.39 is 16.9 Å². The van der Waals surface area contributed by atoms with Crippen molar-refractivity contribution in [2.24, 2.45) is 4.99 Å². The van der Waals surface area contributed by atoms with E-state index in [4.69, 9.17) is 9.47 Å². The number of thiazole rings is 1.